The van der Waals surface area contributed by atoms with E-state index in [9.17, 15) is 20.1 Å². The van der Waals surface area contributed by atoms with Gasteiger partial charge < -0.3 is 25.7 Å². The summed E-state index contributed by atoms with van der Waals surface area (Å²) in [5.74, 6) is -1.72. The fraction of sp³-hybridized carbons (Fsp3) is 0.900. The van der Waals surface area contributed by atoms with Gasteiger partial charge >= 0.3 is 0 Å². The molecule has 0 bridgehead atoms. The number of aliphatic hydroxyl groups is 4. The normalized spacial score (nSPS) is 37.1. The molecule has 7 heteroatoms. The molecule has 0 aromatic rings. The molecule has 0 aromatic carbocycles. The van der Waals surface area contributed by atoms with Crippen molar-refractivity contribution in [1.29, 1.82) is 0 Å². The number of halogens is 1. The quantitative estimate of drug-likeness (QED) is 0.418. The smallest absolute Gasteiger partial charge is 0.225 e. The van der Waals surface area contributed by atoms with Crippen LogP contribution in [0.4, 0.5) is 0 Å². The highest BCUT2D eigenvalue weighted by atomic mass is 35.5. The summed E-state index contributed by atoms with van der Waals surface area (Å²) in [5.41, 5.74) is 0. The van der Waals surface area contributed by atoms with Crippen LogP contribution in [0.3, 0.4) is 0 Å². The highest BCUT2D eigenvalue weighted by molar-refractivity contribution is 5.85. The third kappa shape index (κ3) is 3.53. The van der Waals surface area contributed by atoms with Gasteiger partial charge in [0, 0.05) is 19.1 Å². The van der Waals surface area contributed by atoms with Gasteiger partial charge in [-0.2, -0.15) is 0 Å². The molecule has 0 unspecified atom stereocenters. The zero-order valence-electron chi connectivity index (χ0n) is 9.61. The second-order valence-corrected chi connectivity index (χ2v) is 4.15. The first-order chi connectivity index (χ1) is 7.52. The molecule has 6 nitrogen and oxygen atoms in total. The molecule has 0 heterocycles. The maximum atomic E-state index is 11.6. The number of amides is 1. The second kappa shape index (κ2) is 7.13. The van der Waals surface area contributed by atoms with Gasteiger partial charge in [-0.3, -0.25) is 4.79 Å². The molecule has 0 radical (unpaired) electrons. The minimum atomic E-state index is -1.39. The van der Waals surface area contributed by atoms with Crippen molar-refractivity contribution in [3.8, 4) is 0 Å². The Morgan fingerprint density at radius 2 is 1.82 bits per heavy atom. The molecule has 0 aliphatic heterocycles. The Bertz CT molecular complexity index is 251. The summed E-state index contributed by atoms with van der Waals surface area (Å²) in [7, 11) is 0. The highest BCUT2D eigenvalue weighted by Crippen LogP contribution is 2.30. The summed E-state index contributed by atoms with van der Waals surface area (Å²) in [6.45, 7) is 1.87. The predicted octanol–water partition coefficient (Wildman–Crippen LogP) is -1.74. The van der Waals surface area contributed by atoms with Gasteiger partial charge in [0.15, 0.2) is 0 Å². The van der Waals surface area contributed by atoms with Crippen LogP contribution in [0.5, 0.6) is 0 Å². The highest BCUT2D eigenvalue weighted by Gasteiger charge is 2.44. The van der Waals surface area contributed by atoms with E-state index >= 15 is 0 Å². The van der Waals surface area contributed by atoms with E-state index in [1.54, 1.807) is 6.92 Å². The summed E-state index contributed by atoms with van der Waals surface area (Å²) in [5, 5.41) is 40.3. The Balaban J connectivity index is 0.00000256. The number of aliphatic hydroxyl groups excluding tert-OH is 4. The molecule has 1 amide bonds. The lowest BCUT2D eigenvalue weighted by molar-refractivity contribution is -0.158. The van der Waals surface area contributed by atoms with Crippen molar-refractivity contribution < 1.29 is 25.2 Å². The zero-order chi connectivity index (χ0) is 12.3. The summed E-state index contributed by atoms with van der Waals surface area (Å²) in [4.78, 5) is 11.6. The summed E-state index contributed by atoms with van der Waals surface area (Å²) >= 11 is 0. The fourth-order valence-corrected chi connectivity index (χ4v) is 2.07. The van der Waals surface area contributed by atoms with Crippen molar-refractivity contribution in [3.63, 3.8) is 0 Å². The standard InChI is InChI=1S/C10H19NO5.ClH/c1-2-11-10(16)6-3-5(4-12)7(13)9(15)8(6)14;/h5-9,12-15H,2-4H2,1H3,(H,11,16);1H/t5-,6+,7-,8-,9+;/m1./s1. The van der Waals surface area contributed by atoms with Crippen LogP contribution in [0.15, 0.2) is 0 Å². The second-order valence-electron chi connectivity index (χ2n) is 4.15. The van der Waals surface area contributed by atoms with E-state index in [0.717, 1.165) is 0 Å². The van der Waals surface area contributed by atoms with Gasteiger partial charge in [-0.15, -0.1) is 12.4 Å². The zero-order valence-corrected chi connectivity index (χ0v) is 10.4. The van der Waals surface area contributed by atoms with E-state index in [1.165, 1.54) is 0 Å². The van der Waals surface area contributed by atoms with Crippen molar-refractivity contribution >= 4 is 18.3 Å². The fourth-order valence-electron chi connectivity index (χ4n) is 2.07. The molecule has 5 atom stereocenters. The van der Waals surface area contributed by atoms with E-state index in [2.05, 4.69) is 5.32 Å². The van der Waals surface area contributed by atoms with E-state index < -0.39 is 30.1 Å². The van der Waals surface area contributed by atoms with Crippen LogP contribution in [0.1, 0.15) is 13.3 Å². The van der Waals surface area contributed by atoms with E-state index in [-0.39, 0.29) is 31.3 Å². The molecule has 5 N–H and O–H groups in total. The largest absolute Gasteiger partial charge is 0.396 e. The first-order valence-corrected chi connectivity index (χ1v) is 5.45. The first-order valence-electron chi connectivity index (χ1n) is 5.45. The molecule has 1 aliphatic carbocycles. The average Bonchev–Trinajstić information content (AvgIpc) is 2.27. The maximum Gasteiger partial charge on any atom is 0.225 e. The van der Waals surface area contributed by atoms with Gasteiger partial charge in [-0.25, -0.2) is 0 Å². The average molecular weight is 270 g/mol. The van der Waals surface area contributed by atoms with E-state index in [1.807, 2.05) is 0 Å². The van der Waals surface area contributed by atoms with Gasteiger partial charge in [0.25, 0.3) is 0 Å². The number of rotatable bonds is 3. The Kier molecular flexibility index (Phi) is 6.96. The number of carbonyl (C=O) groups excluding carboxylic acids is 1. The van der Waals surface area contributed by atoms with Gasteiger partial charge in [-0.1, -0.05) is 0 Å². The van der Waals surface area contributed by atoms with E-state index in [0.29, 0.717) is 6.54 Å². The summed E-state index contributed by atoms with van der Waals surface area (Å²) in [6.07, 6.45) is -3.70. The van der Waals surface area contributed by atoms with Crippen LogP contribution in [0, 0.1) is 11.8 Å². The monoisotopic (exact) mass is 269 g/mol. The van der Waals surface area contributed by atoms with Crippen molar-refractivity contribution in [3.05, 3.63) is 0 Å². The first kappa shape index (κ1) is 16.6. The molecule has 1 fully saturated rings. The van der Waals surface area contributed by atoms with Crippen LogP contribution in [-0.4, -0.2) is 57.8 Å². The Labute approximate surface area is 106 Å². The van der Waals surface area contributed by atoms with Gasteiger partial charge in [0.05, 0.1) is 18.1 Å². The van der Waals surface area contributed by atoms with Crippen LogP contribution in [0.2, 0.25) is 0 Å². The minimum absolute atomic E-state index is 0. The number of hydrogen-bond donors (Lipinski definition) is 5. The number of nitrogens with one attached hydrogen (secondary N) is 1. The third-order valence-electron chi connectivity index (χ3n) is 3.07. The van der Waals surface area contributed by atoms with Crippen molar-refractivity contribution in [2.24, 2.45) is 11.8 Å². The number of carbonyl (C=O) groups is 1. The molecule has 17 heavy (non-hydrogen) atoms. The van der Waals surface area contributed by atoms with Gasteiger partial charge in [0.2, 0.25) is 5.91 Å². The molecule has 102 valence electrons. The Morgan fingerprint density at radius 1 is 1.24 bits per heavy atom. The van der Waals surface area contributed by atoms with Crippen molar-refractivity contribution in [2.45, 2.75) is 31.7 Å². The lowest BCUT2D eigenvalue weighted by Gasteiger charge is -2.39. The van der Waals surface area contributed by atoms with Gasteiger partial charge in [-0.05, 0) is 13.3 Å². The van der Waals surface area contributed by atoms with Crippen molar-refractivity contribution in [1.82, 2.24) is 5.32 Å². The molecular weight excluding hydrogens is 250 g/mol. The molecule has 1 rings (SSSR count). The predicted molar refractivity (Wildman–Crippen MR) is 62.6 cm³/mol. The van der Waals surface area contributed by atoms with Crippen LogP contribution in [0.25, 0.3) is 0 Å². The molecule has 0 saturated heterocycles. The third-order valence-corrected chi connectivity index (χ3v) is 3.07. The van der Waals surface area contributed by atoms with E-state index in [4.69, 9.17) is 5.11 Å². The summed E-state index contributed by atoms with van der Waals surface area (Å²) in [6, 6.07) is 0. The molecule has 1 aliphatic rings. The minimum Gasteiger partial charge on any atom is -0.396 e. The Hall–Kier alpha value is -0.400. The van der Waals surface area contributed by atoms with Crippen LogP contribution >= 0.6 is 12.4 Å². The van der Waals surface area contributed by atoms with Crippen LogP contribution < -0.4 is 5.32 Å². The lowest BCUT2D eigenvalue weighted by atomic mass is 9.75. The number of hydrogen-bond acceptors (Lipinski definition) is 5. The van der Waals surface area contributed by atoms with Gasteiger partial charge in [0.1, 0.15) is 6.10 Å². The van der Waals surface area contributed by atoms with Crippen LogP contribution in [-0.2, 0) is 4.79 Å². The Morgan fingerprint density at radius 3 is 2.29 bits per heavy atom. The summed E-state index contributed by atoms with van der Waals surface area (Å²) < 4.78 is 0. The SMILES string of the molecule is CCNC(=O)[C@H]1C[C@H](CO)[C@@H](O)[C@H](O)[C@@H]1O.Cl. The molecule has 0 aromatic heterocycles. The molecule has 1 saturated carbocycles. The molecular formula is C10H20ClNO5. The van der Waals surface area contributed by atoms with Crippen molar-refractivity contribution in [2.75, 3.05) is 13.2 Å². The lowest BCUT2D eigenvalue weighted by Crippen LogP contribution is -2.55. The maximum absolute atomic E-state index is 11.6. The topological polar surface area (TPSA) is 110 Å². The molecule has 0 spiro atoms.